The van der Waals surface area contributed by atoms with Crippen LogP contribution in [0.1, 0.15) is 31.1 Å². The fourth-order valence-corrected chi connectivity index (χ4v) is 3.31. The van der Waals surface area contributed by atoms with Crippen molar-refractivity contribution in [1.82, 2.24) is 0 Å². The highest BCUT2D eigenvalue weighted by molar-refractivity contribution is 7.54. The van der Waals surface area contributed by atoms with Gasteiger partial charge in [-0.25, -0.2) is 4.79 Å². The SMILES string of the molecule is CCOC(=O)c1cccc(NC(=O)CP(=O)(OCC)OCC)c1. The molecule has 0 aliphatic heterocycles. The Labute approximate surface area is 135 Å². The molecule has 8 heteroatoms. The molecule has 0 atom stereocenters. The molecule has 1 N–H and O–H groups in total. The maximum atomic E-state index is 12.3. The largest absolute Gasteiger partial charge is 0.462 e. The summed E-state index contributed by atoms with van der Waals surface area (Å²) < 4.78 is 27.3. The number of rotatable bonds is 9. The molecule has 1 aromatic carbocycles. The Bertz CT molecular complexity index is 579. The van der Waals surface area contributed by atoms with Gasteiger partial charge in [-0.1, -0.05) is 6.07 Å². The van der Waals surface area contributed by atoms with Gasteiger partial charge in [0.25, 0.3) is 0 Å². The zero-order valence-electron chi connectivity index (χ0n) is 13.5. The Balaban J connectivity index is 2.75. The van der Waals surface area contributed by atoms with E-state index in [1.54, 1.807) is 39.0 Å². The van der Waals surface area contributed by atoms with Crippen LogP contribution in [-0.4, -0.2) is 37.9 Å². The van der Waals surface area contributed by atoms with Gasteiger partial charge in [0, 0.05) is 5.69 Å². The highest BCUT2D eigenvalue weighted by Crippen LogP contribution is 2.47. The predicted molar refractivity (Wildman–Crippen MR) is 86.8 cm³/mol. The van der Waals surface area contributed by atoms with Crippen LogP contribution in [-0.2, 0) is 23.1 Å². The first-order chi connectivity index (χ1) is 10.9. The van der Waals surface area contributed by atoms with Gasteiger partial charge in [-0.3, -0.25) is 9.36 Å². The number of amides is 1. The van der Waals surface area contributed by atoms with E-state index in [1.807, 2.05) is 0 Å². The summed E-state index contributed by atoms with van der Waals surface area (Å²) in [6.07, 6.45) is -0.391. The monoisotopic (exact) mass is 343 g/mol. The molecule has 0 aliphatic rings. The normalized spacial score (nSPS) is 11.1. The Morgan fingerprint density at radius 1 is 1.09 bits per heavy atom. The third kappa shape index (κ3) is 6.52. The van der Waals surface area contributed by atoms with Crippen molar-refractivity contribution in [3.8, 4) is 0 Å². The van der Waals surface area contributed by atoms with Crippen molar-refractivity contribution in [3.05, 3.63) is 29.8 Å². The van der Waals surface area contributed by atoms with Gasteiger partial charge >= 0.3 is 13.6 Å². The zero-order chi connectivity index (χ0) is 17.3. The minimum atomic E-state index is -3.46. The topological polar surface area (TPSA) is 90.9 Å². The van der Waals surface area contributed by atoms with Crippen molar-refractivity contribution < 1.29 is 27.9 Å². The third-order valence-electron chi connectivity index (χ3n) is 2.65. The summed E-state index contributed by atoms with van der Waals surface area (Å²) in [5.41, 5.74) is 0.725. The molecule has 0 saturated heterocycles. The van der Waals surface area contributed by atoms with Gasteiger partial charge < -0.3 is 19.1 Å². The first-order valence-electron chi connectivity index (χ1n) is 7.39. The molecule has 0 spiro atoms. The number of nitrogens with one attached hydrogen (secondary N) is 1. The minimum Gasteiger partial charge on any atom is -0.462 e. The Hall–Kier alpha value is -1.69. The summed E-state index contributed by atoms with van der Waals surface area (Å²) in [5.74, 6) is -0.992. The lowest BCUT2D eigenvalue weighted by molar-refractivity contribution is -0.114. The van der Waals surface area contributed by atoms with E-state index < -0.39 is 25.6 Å². The zero-order valence-corrected chi connectivity index (χ0v) is 14.4. The van der Waals surface area contributed by atoms with Crippen LogP contribution in [0, 0.1) is 0 Å². The molecule has 0 aromatic heterocycles. The first-order valence-corrected chi connectivity index (χ1v) is 9.12. The maximum Gasteiger partial charge on any atom is 0.340 e. The van der Waals surface area contributed by atoms with Gasteiger partial charge in [-0.15, -0.1) is 0 Å². The van der Waals surface area contributed by atoms with Gasteiger partial charge in [-0.05, 0) is 39.0 Å². The molecular formula is C15H22NO6P. The summed E-state index contributed by atoms with van der Waals surface area (Å²) in [6, 6.07) is 6.31. The quantitative estimate of drug-likeness (QED) is 0.547. The van der Waals surface area contributed by atoms with Crippen LogP contribution in [0.3, 0.4) is 0 Å². The van der Waals surface area contributed by atoms with Crippen LogP contribution in [0.4, 0.5) is 5.69 Å². The molecule has 0 saturated carbocycles. The number of esters is 1. The predicted octanol–water partition coefficient (Wildman–Crippen LogP) is 3.07. The van der Waals surface area contributed by atoms with Crippen molar-refractivity contribution in [2.45, 2.75) is 20.8 Å². The fraction of sp³-hybridized carbons (Fsp3) is 0.467. The second-order valence-corrected chi connectivity index (χ2v) is 6.51. The Kier molecular flexibility index (Phi) is 7.95. The van der Waals surface area contributed by atoms with Crippen LogP contribution in [0.15, 0.2) is 24.3 Å². The molecule has 0 heterocycles. The summed E-state index contributed by atoms with van der Waals surface area (Å²) in [4.78, 5) is 23.7. The fourth-order valence-electron chi connectivity index (χ4n) is 1.84. The van der Waals surface area contributed by atoms with Crippen LogP contribution in [0.25, 0.3) is 0 Å². The van der Waals surface area contributed by atoms with Gasteiger partial charge in [0.15, 0.2) is 0 Å². The maximum absolute atomic E-state index is 12.3. The van der Waals surface area contributed by atoms with Gasteiger partial charge in [-0.2, -0.15) is 0 Å². The van der Waals surface area contributed by atoms with Gasteiger partial charge in [0.05, 0.1) is 25.4 Å². The number of ether oxygens (including phenoxy) is 1. The number of hydrogen-bond donors (Lipinski definition) is 1. The molecule has 0 bridgehead atoms. The molecular weight excluding hydrogens is 321 g/mol. The third-order valence-corrected chi connectivity index (χ3v) is 4.62. The second kappa shape index (κ2) is 9.45. The number of benzene rings is 1. The molecule has 1 amide bonds. The number of carbonyl (C=O) groups is 2. The van der Waals surface area contributed by atoms with Crippen molar-refractivity contribution in [2.75, 3.05) is 31.3 Å². The minimum absolute atomic E-state index is 0.183. The molecule has 1 rings (SSSR count). The van der Waals surface area contributed by atoms with Crippen LogP contribution in [0.2, 0.25) is 0 Å². The molecule has 0 fully saturated rings. The highest BCUT2D eigenvalue weighted by atomic mass is 31.2. The summed E-state index contributed by atoms with van der Waals surface area (Å²) in [5, 5.41) is 2.57. The van der Waals surface area contributed by atoms with E-state index in [9.17, 15) is 14.2 Å². The van der Waals surface area contributed by atoms with Crippen molar-refractivity contribution in [3.63, 3.8) is 0 Å². The van der Waals surface area contributed by atoms with E-state index in [-0.39, 0.29) is 19.8 Å². The van der Waals surface area contributed by atoms with Crippen molar-refractivity contribution in [2.24, 2.45) is 0 Å². The number of hydrogen-bond acceptors (Lipinski definition) is 6. The summed E-state index contributed by atoms with van der Waals surface area (Å²) in [6.45, 7) is 5.69. The van der Waals surface area contributed by atoms with Crippen molar-refractivity contribution >= 4 is 25.2 Å². The van der Waals surface area contributed by atoms with Crippen LogP contribution >= 0.6 is 7.60 Å². The van der Waals surface area contributed by atoms with Crippen LogP contribution < -0.4 is 5.32 Å². The van der Waals surface area contributed by atoms with E-state index in [2.05, 4.69) is 5.32 Å². The standard InChI is InChI=1S/C15H22NO6P/c1-4-20-15(18)12-8-7-9-13(10-12)16-14(17)11-23(19,21-5-2)22-6-3/h7-10H,4-6,11H2,1-3H3,(H,16,17). The first kappa shape index (κ1) is 19.4. The lowest BCUT2D eigenvalue weighted by Gasteiger charge is -2.16. The summed E-state index contributed by atoms with van der Waals surface area (Å²) in [7, 11) is -3.46. The van der Waals surface area contributed by atoms with E-state index in [0.717, 1.165) is 0 Å². The van der Waals surface area contributed by atoms with E-state index >= 15 is 0 Å². The Morgan fingerprint density at radius 3 is 2.30 bits per heavy atom. The van der Waals surface area contributed by atoms with E-state index in [1.165, 1.54) is 6.07 Å². The average Bonchev–Trinajstić information content (AvgIpc) is 2.47. The van der Waals surface area contributed by atoms with Gasteiger partial charge in [0.1, 0.15) is 6.16 Å². The van der Waals surface area contributed by atoms with E-state index in [4.69, 9.17) is 13.8 Å². The molecule has 1 aromatic rings. The molecule has 0 radical (unpaired) electrons. The Morgan fingerprint density at radius 2 is 1.74 bits per heavy atom. The smallest absolute Gasteiger partial charge is 0.340 e. The highest BCUT2D eigenvalue weighted by Gasteiger charge is 2.27. The second-order valence-electron chi connectivity index (χ2n) is 4.45. The van der Waals surface area contributed by atoms with Gasteiger partial charge in [0.2, 0.25) is 5.91 Å². The number of anilines is 1. The van der Waals surface area contributed by atoms with Crippen LogP contribution in [0.5, 0.6) is 0 Å². The lowest BCUT2D eigenvalue weighted by Crippen LogP contribution is -2.18. The van der Waals surface area contributed by atoms with Crippen molar-refractivity contribution in [1.29, 1.82) is 0 Å². The summed E-state index contributed by atoms with van der Waals surface area (Å²) >= 11 is 0. The number of carbonyl (C=O) groups excluding carboxylic acids is 2. The molecule has 0 unspecified atom stereocenters. The molecule has 0 aliphatic carbocycles. The van der Waals surface area contributed by atoms with E-state index in [0.29, 0.717) is 11.3 Å². The average molecular weight is 343 g/mol. The molecule has 23 heavy (non-hydrogen) atoms. The molecule has 7 nitrogen and oxygen atoms in total. The molecule has 128 valence electrons. The lowest BCUT2D eigenvalue weighted by atomic mass is 10.2.